The lowest BCUT2D eigenvalue weighted by atomic mass is 10.4. The Bertz CT molecular complexity index is 210. The monoisotopic (exact) mass is 184 g/mol. The molecule has 1 aliphatic carbocycles. The van der Waals surface area contributed by atoms with Gasteiger partial charge in [0.15, 0.2) is 0 Å². The number of nitrogens with two attached hydrogens (primary N) is 1. The second-order valence-electron chi connectivity index (χ2n) is 3.43. The van der Waals surface area contributed by atoms with Gasteiger partial charge in [0.05, 0.1) is 0 Å². The molecule has 1 fully saturated rings. The number of nitrogens with one attached hydrogen (secondary N) is 1. The number of hydrogen-bond acceptors (Lipinski definition) is 3. The Labute approximate surface area is 78.1 Å². The standard InChI is InChI=1S/C9H16N2O2/c1-9(4-5-9)13-8(12)11-7-3-2-6-10/h2-3H,4-7,10H2,1H3,(H,11,12). The molecule has 3 N–H and O–H groups in total. The second-order valence-corrected chi connectivity index (χ2v) is 3.43. The molecular formula is C9H16N2O2. The third-order valence-corrected chi connectivity index (χ3v) is 1.96. The van der Waals surface area contributed by atoms with Crippen molar-refractivity contribution in [2.24, 2.45) is 5.73 Å². The van der Waals surface area contributed by atoms with Crippen LogP contribution in [0.5, 0.6) is 0 Å². The Morgan fingerprint density at radius 3 is 2.85 bits per heavy atom. The van der Waals surface area contributed by atoms with Crippen LogP contribution in [0, 0.1) is 0 Å². The summed E-state index contributed by atoms with van der Waals surface area (Å²) in [5.74, 6) is 0. The van der Waals surface area contributed by atoms with Gasteiger partial charge in [0.25, 0.3) is 0 Å². The molecule has 0 aromatic heterocycles. The average Bonchev–Trinajstić information content (AvgIpc) is 2.77. The summed E-state index contributed by atoms with van der Waals surface area (Å²) in [6, 6.07) is 0. The molecule has 4 heteroatoms. The Morgan fingerprint density at radius 1 is 1.62 bits per heavy atom. The molecule has 0 spiro atoms. The van der Waals surface area contributed by atoms with E-state index in [2.05, 4.69) is 5.32 Å². The molecule has 74 valence electrons. The molecule has 0 aromatic rings. The van der Waals surface area contributed by atoms with Crippen molar-refractivity contribution in [3.63, 3.8) is 0 Å². The zero-order chi connectivity index (χ0) is 9.73. The van der Waals surface area contributed by atoms with Crippen molar-refractivity contribution in [1.29, 1.82) is 0 Å². The molecule has 1 rings (SSSR count). The maximum atomic E-state index is 11.1. The summed E-state index contributed by atoms with van der Waals surface area (Å²) in [5, 5.41) is 2.61. The van der Waals surface area contributed by atoms with E-state index in [0.717, 1.165) is 12.8 Å². The molecule has 4 nitrogen and oxygen atoms in total. The minimum Gasteiger partial charge on any atom is -0.443 e. The first-order valence-electron chi connectivity index (χ1n) is 4.48. The van der Waals surface area contributed by atoms with Crippen LogP contribution in [-0.4, -0.2) is 24.8 Å². The van der Waals surface area contributed by atoms with Crippen molar-refractivity contribution in [1.82, 2.24) is 5.32 Å². The van der Waals surface area contributed by atoms with Gasteiger partial charge >= 0.3 is 6.09 Å². The Kier molecular flexibility index (Phi) is 3.31. The molecule has 0 aromatic carbocycles. The highest BCUT2D eigenvalue weighted by Crippen LogP contribution is 2.38. The van der Waals surface area contributed by atoms with E-state index in [1.54, 1.807) is 12.2 Å². The second kappa shape index (κ2) is 4.28. The lowest BCUT2D eigenvalue weighted by Gasteiger charge is -2.10. The van der Waals surface area contributed by atoms with Gasteiger partial charge in [-0.25, -0.2) is 4.79 Å². The zero-order valence-electron chi connectivity index (χ0n) is 7.88. The van der Waals surface area contributed by atoms with Crippen molar-refractivity contribution in [3.8, 4) is 0 Å². The highest BCUT2D eigenvalue weighted by molar-refractivity contribution is 5.68. The SMILES string of the molecule is CC1(OC(=O)NCC=CCN)CC1. The maximum Gasteiger partial charge on any atom is 0.407 e. The fraction of sp³-hybridized carbons (Fsp3) is 0.667. The van der Waals surface area contributed by atoms with Crippen LogP contribution in [0.3, 0.4) is 0 Å². The lowest BCUT2D eigenvalue weighted by molar-refractivity contribution is 0.0943. The maximum absolute atomic E-state index is 11.1. The zero-order valence-corrected chi connectivity index (χ0v) is 7.88. The van der Waals surface area contributed by atoms with Crippen LogP contribution >= 0.6 is 0 Å². The fourth-order valence-electron chi connectivity index (χ4n) is 0.860. The van der Waals surface area contributed by atoms with Gasteiger partial charge in [-0.3, -0.25) is 0 Å². The van der Waals surface area contributed by atoms with E-state index in [0.29, 0.717) is 13.1 Å². The highest BCUT2D eigenvalue weighted by Gasteiger charge is 2.41. The smallest absolute Gasteiger partial charge is 0.407 e. The number of hydrogen-bond donors (Lipinski definition) is 2. The molecule has 0 bridgehead atoms. The van der Waals surface area contributed by atoms with Crippen LogP contribution < -0.4 is 11.1 Å². The van der Waals surface area contributed by atoms with E-state index in [9.17, 15) is 4.79 Å². The number of ether oxygens (including phenoxy) is 1. The molecule has 0 saturated heterocycles. The van der Waals surface area contributed by atoms with Gasteiger partial charge in [0.2, 0.25) is 0 Å². The number of alkyl carbamates (subject to hydrolysis) is 1. The molecule has 1 aliphatic rings. The van der Waals surface area contributed by atoms with Gasteiger partial charge in [0, 0.05) is 13.1 Å². The van der Waals surface area contributed by atoms with Gasteiger partial charge in [-0.2, -0.15) is 0 Å². The predicted molar refractivity (Wildman–Crippen MR) is 50.3 cm³/mol. The normalized spacial score (nSPS) is 18.6. The molecule has 0 unspecified atom stereocenters. The first-order chi connectivity index (χ1) is 6.16. The number of rotatable bonds is 4. The predicted octanol–water partition coefficient (Wildman–Crippen LogP) is 0.780. The van der Waals surface area contributed by atoms with Crippen molar-refractivity contribution >= 4 is 6.09 Å². The molecule has 13 heavy (non-hydrogen) atoms. The number of carbonyl (C=O) groups excluding carboxylic acids is 1. The first-order valence-corrected chi connectivity index (χ1v) is 4.48. The van der Waals surface area contributed by atoms with E-state index in [4.69, 9.17) is 10.5 Å². The minimum atomic E-state index is -0.346. The fourth-order valence-corrected chi connectivity index (χ4v) is 0.860. The average molecular weight is 184 g/mol. The van der Waals surface area contributed by atoms with Crippen molar-refractivity contribution < 1.29 is 9.53 Å². The van der Waals surface area contributed by atoms with Gasteiger partial charge in [-0.1, -0.05) is 12.2 Å². The van der Waals surface area contributed by atoms with Crippen molar-refractivity contribution in [3.05, 3.63) is 12.2 Å². The first kappa shape index (κ1) is 10.1. The summed E-state index contributed by atoms with van der Waals surface area (Å²) in [5.41, 5.74) is 5.03. The van der Waals surface area contributed by atoms with Gasteiger partial charge in [-0.15, -0.1) is 0 Å². The topological polar surface area (TPSA) is 64.3 Å². The number of amides is 1. The Morgan fingerprint density at radius 2 is 2.31 bits per heavy atom. The molecular weight excluding hydrogens is 168 g/mol. The van der Waals surface area contributed by atoms with Gasteiger partial charge in [0.1, 0.15) is 5.60 Å². The van der Waals surface area contributed by atoms with E-state index in [1.807, 2.05) is 6.92 Å². The summed E-state index contributed by atoms with van der Waals surface area (Å²) in [7, 11) is 0. The van der Waals surface area contributed by atoms with Crippen LogP contribution in [0.15, 0.2) is 12.2 Å². The van der Waals surface area contributed by atoms with Crippen LogP contribution in [0.4, 0.5) is 4.79 Å². The molecule has 0 atom stereocenters. The summed E-state index contributed by atoms with van der Waals surface area (Å²) < 4.78 is 5.11. The van der Waals surface area contributed by atoms with E-state index in [1.165, 1.54) is 0 Å². The van der Waals surface area contributed by atoms with Crippen molar-refractivity contribution in [2.45, 2.75) is 25.4 Å². The summed E-state index contributed by atoms with van der Waals surface area (Å²) in [6.07, 6.45) is 5.19. The summed E-state index contributed by atoms with van der Waals surface area (Å²) >= 11 is 0. The Hall–Kier alpha value is -1.03. The summed E-state index contributed by atoms with van der Waals surface area (Å²) in [4.78, 5) is 11.1. The molecule has 1 amide bonds. The minimum absolute atomic E-state index is 0.193. The van der Waals surface area contributed by atoms with Crippen molar-refractivity contribution in [2.75, 3.05) is 13.1 Å². The van der Waals surface area contributed by atoms with Crippen LogP contribution in [0.2, 0.25) is 0 Å². The third-order valence-electron chi connectivity index (χ3n) is 1.96. The molecule has 1 saturated carbocycles. The third kappa shape index (κ3) is 3.94. The largest absolute Gasteiger partial charge is 0.443 e. The van der Waals surface area contributed by atoms with Crippen LogP contribution in [-0.2, 0) is 4.74 Å². The summed E-state index contributed by atoms with van der Waals surface area (Å²) in [6.45, 7) is 2.91. The number of carbonyl (C=O) groups is 1. The quantitative estimate of drug-likeness (QED) is 0.634. The Balaban J connectivity index is 2.07. The van der Waals surface area contributed by atoms with Crippen LogP contribution in [0.1, 0.15) is 19.8 Å². The van der Waals surface area contributed by atoms with Gasteiger partial charge < -0.3 is 15.8 Å². The van der Waals surface area contributed by atoms with E-state index >= 15 is 0 Å². The van der Waals surface area contributed by atoms with E-state index in [-0.39, 0.29) is 11.7 Å². The van der Waals surface area contributed by atoms with Gasteiger partial charge in [-0.05, 0) is 19.8 Å². The van der Waals surface area contributed by atoms with E-state index < -0.39 is 0 Å². The molecule has 0 heterocycles. The lowest BCUT2D eigenvalue weighted by Crippen LogP contribution is -2.28. The highest BCUT2D eigenvalue weighted by atomic mass is 16.6. The molecule has 0 aliphatic heterocycles. The van der Waals surface area contributed by atoms with Crippen LogP contribution in [0.25, 0.3) is 0 Å². The molecule has 0 radical (unpaired) electrons.